The van der Waals surface area contributed by atoms with Gasteiger partial charge >= 0.3 is 0 Å². The molecule has 0 unspecified atom stereocenters. The first kappa shape index (κ1) is 14.9. The number of sulfonamides is 1. The molecule has 23 heavy (non-hydrogen) atoms. The Labute approximate surface area is 143 Å². The summed E-state index contributed by atoms with van der Waals surface area (Å²) in [4.78, 5) is 3.70. The van der Waals surface area contributed by atoms with Gasteiger partial charge in [0.25, 0.3) is 0 Å². The molecule has 1 aliphatic heterocycles. The number of hydrogen-bond donors (Lipinski definition) is 1. The maximum atomic E-state index is 12.8. The third-order valence-corrected chi connectivity index (χ3v) is 6.69. The number of nitrogens with one attached hydrogen (secondary N) is 1. The number of fused-ring (bicyclic) bond motifs is 3. The molecule has 0 fully saturated rings. The topological polar surface area (TPSA) is 53.2 Å². The number of hydrogen-bond acceptors (Lipinski definition) is 2. The number of aromatic nitrogens is 1. The second-order valence-electron chi connectivity index (χ2n) is 5.67. The third kappa shape index (κ3) is 2.51. The highest BCUT2D eigenvalue weighted by Gasteiger charge is 2.29. The summed E-state index contributed by atoms with van der Waals surface area (Å²) in [5.74, 6) is 0. The van der Waals surface area contributed by atoms with Crippen LogP contribution in [0.3, 0.4) is 0 Å². The zero-order chi connectivity index (χ0) is 16.0. The summed E-state index contributed by atoms with van der Waals surface area (Å²) in [6.45, 7) is 0.898. The fraction of sp³-hybridized carbons (Fsp3) is 0.176. The molecule has 118 valence electrons. The maximum absolute atomic E-state index is 12.8. The Morgan fingerprint density at radius 1 is 1.04 bits per heavy atom. The Hall–Kier alpha value is -1.63. The van der Waals surface area contributed by atoms with Gasteiger partial charge in [0.2, 0.25) is 10.0 Å². The van der Waals surface area contributed by atoms with Crippen molar-refractivity contribution in [2.45, 2.75) is 17.9 Å². The van der Waals surface area contributed by atoms with Gasteiger partial charge in [0, 0.05) is 27.6 Å². The predicted octanol–water partition coefficient (Wildman–Crippen LogP) is 3.68. The lowest BCUT2D eigenvalue weighted by Gasteiger charge is -2.26. The largest absolute Gasteiger partial charge is 0.357 e. The van der Waals surface area contributed by atoms with Gasteiger partial charge in [0.15, 0.2) is 0 Å². The highest BCUT2D eigenvalue weighted by atomic mass is 79.9. The number of para-hydroxylation sites is 1. The monoisotopic (exact) mass is 390 g/mol. The second kappa shape index (κ2) is 5.47. The van der Waals surface area contributed by atoms with Crippen LogP contribution in [-0.4, -0.2) is 24.3 Å². The van der Waals surface area contributed by atoms with E-state index in [1.54, 1.807) is 28.6 Å². The molecular formula is C17H15BrN2O2S. The molecule has 0 saturated heterocycles. The number of halogens is 1. The molecule has 0 radical (unpaired) electrons. The maximum Gasteiger partial charge on any atom is 0.243 e. The number of nitrogens with zero attached hydrogens (tertiary/aromatic N) is 1. The van der Waals surface area contributed by atoms with Crippen LogP contribution < -0.4 is 0 Å². The minimum Gasteiger partial charge on any atom is -0.357 e. The minimum atomic E-state index is -3.47. The zero-order valence-corrected chi connectivity index (χ0v) is 14.7. The Morgan fingerprint density at radius 3 is 2.57 bits per heavy atom. The average Bonchev–Trinajstić information content (AvgIpc) is 2.93. The molecule has 4 nitrogen and oxygen atoms in total. The predicted molar refractivity (Wildman–Crippen MR) is 93.7 cm³/mol. The fourth-order valence-corrected chi connectivity index (χ4v) is 4.80. The van der Waals surface area contributed by atoms with E-state index in [0.717, 1.165) is 22.1 Å². The summed E-state index contributed by atoms with van der Waals surface area (Å²) < 4.78 is 28.1. The summed E-state index contributed by atoms with van der Waals surface area (Å²) in [7, 11) is -3.47. The zero-order valence-electron chi connectivity index (χ0n) is 12.3. The Kier molecular flexibility index (Phi) is 3.55. The van der Waals surface area contributed by atoms with E-state index >= 15 is 0 Å². The molecule has 0 amide bonds. The van der Waals surface area contributed by atoms with Crippen LogP contribution in [0.5, 0.6) is 0 Å². The van der Waals surface area contributed by atoms with Crippen molar-refractivity contribution in [3.8, 4) is 0 Å². The molecule has 1 aromatic heterocycles. The van der Waals surface area contributed by atoms with Crippen LogP contribution in [0.4, 0.5) is 0 Å². The molecule has 0 atom stereocenters. The van der Waals surface area contributed by atoms with Crippen LogP contribution in [0, 0.1) is 0 Å². The molecule has 0 spiro atoms. The molecule has 2 aromatic carbocycles. The lowest BCUT2D eigenvalue weighted by atomic mass is 10.1. The van der Waals surface area contributed by atoms with Crippen molar-refractivity contribution in [2.75, 3.05) is 6.54 Å². The molecule has 1 aliphatic rings. The number of aromatic amines is 1. The van der Waals surface area contributed by atoms with Gasteiger partial charge in [-0.05, 0) is 42.3 Å². The third-order valence-electron chi connectivity index (χ3n) is 4.30. The second-order valence-corrected chi connectivity index (χ2v) is 8.52. The van der Waals surface area contributed by atoms with E-state index in [0.29, 0.717) is 18.0 Å². The van der Waals surface area contributed by atoms with Crippen molar-refractivity contribution in [2.24, 2.45) is 0 Å². The smallest absolute Gasteiger partial charge is 0.243 e. The van der Waals surface area contributed by atoms with Gasteiger partial charge < -0.3 is 4.98 Å². The molecule has 0 bridgehead atoms. The van der Waals surface area contributed by atoms with Gasteiger partial charge in [-0.3, -0.25) is 0 Å². The standard InChI is InChI=1S/C17H15BrN2O2S/c18-12-5-7-13(8-6-12)23(21,22)20-10-9-15-14-3-1-2-4-16(14)19-17(15)11-20/h1-8,19H,9-11H2. The highest BCUT2D eigenvalue weighted by Crippen LogP contribution is 2.30. The van der Waals surface area contributed by atoms with Gasteiger partial charge in [0.05, 0.1) is 11.4 Å². The van der Waals surface area contributed by atoms with Gasteiger partial charge in [0.1, 0.15) is 0 Å². The van der Waals surface area contributed by atoms with Gasteiger partial charge in [-0.15, -0.1) is 0 Å². The number of benzene rings is 2. The summed E-state index contributed by atoms with van der Waals surface area (Å²) in [6, 6.07) is 14.9. The van der Waals surface area contributed by atoms with Crippen LogP contribution in [0.1, 0.15) is 11.3 Å². The van der Waals surface area contributed by atoms with Crippen molar-refractivity contribution in [3.05, 3.63) is 64.3 Å². The molecule has 6 heteroatoms. The highest BCUT2D eigenvalue weighted by molar-refractivity contribution is 9.10. The van der Waals surface area contributed by atoms with Gasteiger partial charge in [-0.25, -0.2) is 8.42 Å². The lowest BCUT2D eigenvalue weighted by molar-refractivity contribution is 0.388. The van der Waals surface area contributed by atoms with Crippen molar-refractivity contribution < 1.29 is 8.42 Å². The van der Waals surface area contributed by atoms with Gasteiger partial charge in [-0.1, -0.05) is 34.1 Å². The first-order chi connectivity index (χ1) is 11.1. The lowest BCUT2D eigenvalue weighted by Crippen LogP contribution is -2.35. The summed E-state index contributed by atoms with van der Waals surface area (Å²) in [5, 5.41) is 1.20. The quantitative estimate of drug-likeness (QED) is 0.725. The Balaban J connectivity index is 1.71. The van der Waals surface area contributed by atoms with Crippen LogP contribution in [0.15, 0.2) is 57.9 Å². The van der Waals surface area contributed by atoms with Crippen molar-refractivity contribution in [1.29, 1.82) is 0 Å². The molecule has 2 heterocycles. The van der Waals surface area contributed by atoms with Crippen LogP contribution >= 0.6 is 15.9 Å². The first-order valence-electron chi connectivity index (χ1n) is 7.40. The average molecular weight is 391 g/mol. The van der Waals surface area contributed by atoms with E-state index in [9.17, 15) is 8.42 Å². The molecular weight excluding hydrogens is 376 g/mol. The van der Waals surface area contributed by atoms with E-state index in [1.807, 2.05) is 18.2 Å². The van der Waals surface area contributed by atoms with Gasteiger partial charge in [-0.2, -0.15) is 4.31 Å². The van der Waals surface area contributed by atoms with E-state index in [1.165, 1.54) is 10.9 Å². The number of rotatable bonds is 2. The Morgan fingerprint density at radius 2 is 1.78 bits per heavy atom. The SMILES string of the molecule is O=S(=O)(c1ccc(Br)cc1)N1CCc2c([nH]c3ccccc23)C1. The van der Waals surface area contributed by atoms with Crippen molar-refractivity contribution >= 4 is 36.9 Å². The molecule has 4 rings (SSSR count). The van der Waals surface area contributed by atoms with E-state index in [-0.39, 0.29) is 0 Å². The summed E-state index contributed by atoms with van der Waals surface area (Å²) >= 11 is 3.34. The Bertz CT molecular complexity index is 978. The first-order valence-corrected chi connectivity index (χ1v) is 9.63. The van der Waals surface area contributed by atoms with Crippen molar-refractivity contribution in [1.82, 2.24) is 9.29 Å². The molecule has 0 aliphatic carbocycles. The van der Waals surface area contributed by atoms with E-state index < -0.39 is 10.0 Å². The van der Waals surface area contributed by atoms with Crippen molar-refractivity contribution in [3.63, 3.8) is 0 Å². The number of H-pyrrole nitrogens is 1. The molecule has 3 aromatic rings. The molecule has 0 saturated carbocycles. The fourth-order valence-electron chi connectivity index (χ4n) is 3.13. The van der Waals surface area contributed by atoms with Crippen LogP contribution in [0.25, 0.3) is 10.9 Å². The molecule has 1 N–H and O–H groups in total. The van der Waals surface area contributed by atoms with Crippen LogP contribution in [0.2, 0.25) is 0 Å². The summed E-state index contributed by atoms with van der Waals surface area (Å²) in [5.41, 5.74) is 3.31. The normalized spacial score (nSPS) is 15.7. The minimum absolute atomic E-state index is 0.334. The van der Waals surface area contributed by atoms with Crippen LogP contribution in [-0.2, 0) is 23.0 Å². The summed E-state index contributed by atoms with van der Waals surface area (Å²) in [6.07, 6.45) is 0.731. The van der Waals surface area contributed by atoms with E-state index in [4.69, 9.17) is 0 Å². The van der Waals surface area contributed by atoms with E-state index in [2.05, 4.69) is 27.0 Å².